The van der Waals surface area contributed by atoms with Crippen LogP contribution in [0.1, 0.15) is 17.0 Å². The van der Waals surface area contributed by atoms with E-state index < -0.39 is 0 Å². The van der Waals surface area contributed by atoms with E-state index in [0.29, 0.717) is 10.8 Å². The molecule has 0 unspecified atom stereocenters. The summed E-state index contributed by atoms with van der Waals surface area (Å²) in [5, 5.41) is 11.6. The first-order chi connectivity index (χ1) is 9.97. The lowest BCUT2D eigenvalue weighted by atomic mass is 10.2. The zero-order valence-corrected chi connectivity index (χ0v) is 12.8. The van der Waals surface area contributed by atoms with Gasteiger partial charge in [-0.3, -0.25) is 10.1 Å². The second-order valence-electron chi connectivity index (χ2n) is 4.54. The Morgan fingerprint density at radius 1 is 1.33 bits per heavy atom. The molecule has 0 bridgehead atoms. The highest BCUT2D eigenvalue weighted by Crippen LogP contribution is 2.09. The summed E-state index contributed by atoms with van der Waals surface area (Å²) < 4.78 is 14.6. The second kappa shape index (κ2) is 6.45. The van der Waals surface area contributed by atoms with Gasteiger partial charge in [0.05, 0.1) is 11.9 Å². The lowest BCUT2D eigenvalue weighted by Gasteiger charge is -2.06. The first-order valence-electron chi connectivity index (χ1n) is 6.33. The van der Waals surface area contributed by atoms with E-state index in [4.69, 9.17) is 12.2 Å². The minimum absolute atomic E-state index is 0.292. The van der Waals surface area contributed by atoms with Crippen LogP contribution in [0.3, 0.4) is 0 Å². The van der Waals surface area contributed by atoms with Crippen LogP contribution in [-0.2, 0) is 7.05 Å². The van der Waals surface area contributed by atoms with Gasteiger partial charge in [-0.25, -0.2) is 4.39 Å². The van der Waals surface area contributed by atoms with Gasteiger partial charge >= 0.3 is 0 Å². The molecule has 0 atom stereocenters. The molecule has 0 aliphatic rings. The number of benzene rings is 1. The third-order valence-electron chi connectivity index (χ3n) is 3.03. The average Bonchev–Trinajstić information content (AvgIpc) is 2.68. The third-order valence-corrected chi connectivity index (χ3v) is 3.22. The fraction of sp³-hybridized carbons (Fsp3) is 0.214. The molecule has 110 valence electrons. The highest BCUT2D eigenvalue weighted by molar-refractivity contribution is 7.80. The Labute approximate surface area is 127 Å². The number of hydrogen-bond acceptors (Lipinski definition) is 3. The van der Waals surface area contributed by atoms with Gasteiger partial charge in [-0.1, -0.05) is 0 Å². The first-order valence-corrected chi connectivity index (χ1v) is 6.74. The van der Waals surface area contributed by atoms with Gasteiger partial charge in [0.25, 0.3) is 0 Å². The molecule has 2 rings (SSSR count). The average molecular weight is 305 g/mol. The second-order valence-corrected chi connectivity index (χ2v) is 4.95. The molecule has 2 N–H and O–H groups in total. The standard InChI is InChI=1S/C14H16FN5S/c1-9-13(10(2)20(3)19-9)8-16-18-14(21)17-12-6-4-11(15)5-7-12/h4-8H,1-3H3,(H2,17,18,21)/b16-8-. The number of nitrogens with one attached hydrogen (secondary N) is 2. The molecule has 21 heavy (non-hydrogen) atoms. The van der Waals surface area contributed by atoms with E-state index in [1.807, 2.05) is 20.9 Å². The van der Waals surface area contributed by atoms with Crippen molar-refractivity contribution in [3.63, 3.8) is 0 Å². The van der Waals surface area contributed by atoms with E-state index in [2.05, 4.69) is 20.9 Å². The molecule has 0 saturated heterocycles. The van der Waals surface area contributed by atoms with Crippen LogP contribution >= 0.6 is 12.2 Å². The number of aromatic nitrogens is 2. The quantitative estimate of drug-likeness (QED) is 0.520. The predicted octanol–water partition coefficient (Wildman–Crippen LogP) is 2.50. The number of aryl methyl sites for hydroxylation is 2. The summed E-state index contributed by atoms with van der Waals surface area (Å²) >= 11 is 5.10. The molecule has 0 radical (unpaired) electrons. The molecule has 0 amide bonds. The summed E-state index contributed by atoms with van der Waals surface area (Å²) in [6.45, 7) is 3.89. The molecular formula is C14H16FN5S. The molecule has 2 aromatic rings. The van der Waals surface area contributed by atoms with Crippen molar-refractivity contribution < 1.29 is 4.39 Å². The van der Waals surface area contributed by atoms with Crippen molar-refractivity contribution in [2.75, 3.05) is 5.32 Å². The van der Waals surface area contributed by atoms with Crippen LogP contribution in [0, 0.1) is 19.7 Å². The van der Waals surface area contributed by atoms with Crippen LogP contribution in [0.25, 0.3) is 0 Å². The monoisotopic (exact) mass is 305 g/mol. The van der Waals surface area contributed by atoms with Crippen LogP contribution < -0.4 is 10.7 Å². The Bertz CT molecular complexity index is 675. The van der Waals surface area contributed by atoms with Crippen molar-refractivity contribution in [1.29, 1.82) is 0 Å². The first kappa shape index (κ1) is 15.1. The van der Waals surface area contributed by atoms with Crippen molar-refractivity contribution >= 4 is 29.2 Å². The van der Waals surface area contributed by atoms with Gasteiger partial charge in [0.15, 0.2) is 5.11 Å². The van der Waals surface area contributed by atoms with Gasteiger partial charge in [-0.2, -0.15) is 10.2 Å². The number of hydrazone groups is 1. The maximum atomic E-state index is 12.8. The van der Waals surface area contributed by atoms with Gasteiger partial charge in [0.1, 0.15) is 5.82 Å². The van der Waals surface area contributed by atoms with Gasteiger partial charge in [-0.15, -0.1) is 0 Å². The Kier molecular flexibility index (Phi) is 4.64. The van der Waals surface area contributed by atoms with E-state index >= 15 is 0 Å². The Hall–Kier alpha value is -2.28. The van der Waals surface area contributed by atoms with Gasteiger partial charge in [0.2, 0.25) is 0 Å². The summed E-state index contributed by atoms with van der Waals surface area (Å²) in [6, 6.07) is 5.91. The van der Waals surface area contributed by atoms with E-state index in [-0.39, 0.29) is 5.82 Å². The Morgan fingerprint density at radius 2 is 2.00 bits per heavy atom. The maximum Gasteiger partial charge on any atom is 0.191 e. The number of halogens is 1. The van der Waals surface area contributed by atoms with Gasteiger partial charge in [0, 0.05) is 24.0 Å². The molecule has 5 nitrogen and oxygen atoms in total. The molecule has 0 spiro atoms. The number of nitrogens with zero attached hydrogens (tertiary/aromatic N) is 3. The van der Waals surface area contributed by atoms with Crippen molar-refractivity contribution in [2.45, 2.75) is 13.8 Å². The highest BCUT2D eigenvalue weighted by Gasteiger charge is 2.06. The fourth-order valence-electron chi connectivity index (χ4n) is 1.82. The van der Waals surface area contributed by atoms with Gasteiger partial charge < -0.3 is 5.32 Å². The van der Waals surface area contributed by atoms with Crippen LogP contribution in [0.2, 0.25) is 0 Å². The molecule has 0 aliphatic carbocycles. The predicted molar refractivity (Wildman–Crippen MR) is 86.0 cm³/mol. The van der Waals surface area contributed by atoms with Gasteiger partial charge in [-0.05, 0) is 50.3 Å². The summed E-state index contributed by atoms with van der Waals surface area (Å²) in [5.74, 6) is -0.292. The lowest BCUT2D eigenvalue weighted by molar-refractivity contribution is 0.628. The lowest BCUT2D eigenvalue weighted by Crippen LogP contribution is -2.23. The SMILES string of the molecule is Cc1nn(C)c(C)c1/C=N\NC(=S)Nc1ccc(F)cc1. The zero-order valence-electron chi connectivity index (χ0n) is 12.0. The van der Waals surface area contributed by atoms with E-state index in [1.165, 1.54) is 12.1 Å². The molecule has 1 aromatic heterocycles. The van der Waals surface area contributed by atoms with Crippen LogP contribution in [0.15, 0.2) is 29.4 Å². The molecule has 7 heteroatoms. The normalized spacial score (nSPS) is 10.9. The molecule has 0 fully saturated rings. The molecule has 1 heterocycles. The number of thiocarbonyl (C=S) groups is 1. The van der Waals surface area contributed by atoms with E-state index in [0.717, 1.165) is 17.0 Å². The summed E-state index contributed by atoms with van der Waals surface area (Å²) in [7, 11) is 1.88. The van der Waals surface area contributed by atoms with Crippen LogP contribution in [-0.4, -0.2) is 21.1 Å². The number of anilines is 1. The maximum absolute atomic E-state index is 12.8. The minimum Gasteiger partial charge on any atom is -0.331 e. The smallest absolute Gasteiger partial charge is 0.191 e. The summed E-state index contributed by atoms with van der Waals surface area (Å²) in [5.41, 5.74) is 6.29. The van der Waals surface area contributed by atoms with Crippen molar-refractivity contribution in [3.05, 3.63) is 47.0 Å². The van der Waals surface area contributed by atoms with E-state index in [9.17, 15) is 4.39 Å². The summed E-state index contributed by atoms with van der Waals surface area (Å²) in [4.78, 5) is 0. The molecule has 0 saturated carbocycles. The molecular weight excluding hydrogens is 289 g/mol. The number of rotatable bonds is 3. The fourth-order valence-corrected chi connectivity index (χ4v) is 2.00. The van der Waals surface area contributed by atoms with E-state index in [1.54, 1.807) is 23.0 Å². The molecule has 0 aliphatic heterocycles. The largest absolute Gasteiger partial charge is 0.331 e. The van der Waals surface area contributed by atoms with Crippen LogP contribution in [0.4, 0.5) is 10.1 Å². The summed E-state index contributed by atoms with van der Waals surface area (Å²) in [6.07, 6.45) is 1.68. The zero-order chi connectivity index (χ0) is 15.4. The van der Waals surface area contributed by atoms with Crippen molar-refractivity contribution in [2.24, 2.45) is 12.1 Å². The van der Waals surface area contributed by atoms with Crippen molar-refractivity contribution in [3.8, 4) is 0 Å². The molecule has 1 aromatic carbocycles. The Balaban J connectivity index is 1.94. The van der Waals surface area contributed by atoms with Crippen molar-refractivity contribution in [1.82, 2.24) is 15.2 Å². The highest BCUT2D eigenvalue weighted by atomic mass is 32.1. The topological polar surface area (TPSA) is 54.2 Å². The number of hydrogen-bond donors (Lipinski definition) is 2. The van der Waals surface area contributed by atoms with Crippen LogP contribution in [0.5, 0.6) is 0 Å². The Morgan fingerprint density at radius 3 is 2.57 bits per heavy atom. The third kappa shape index (κ3) is 3.85. The minimum atomic E-state index is -0.292.